The molecule has 1 saturated heterocycles. The summed E-state index contributed by atoms with van der Waals surface area (Å²) in [7, 11) is 1.67. The number of hydrogen-bond donors (Lipinski definition) is 0. The van der Waals surface area contributed by atoms with E-state index in [9.17, 15) is 4.39 Å². The largest absolute Gasteiger partial charge is 0.497 e. The number of piperidine rings is 1. The number of halogens is 1. The summed E-state index contributed by atoms with van der Waals surface area (Å²) in [6, 6.07) is 14.8. The number of ether oxygens (including phenoxy) is 1. The van der Waals surface area contributed by atoms with E-state index in [-0.39, 0.29) is 5.82 Å². The Hall–Kier alpha value is -2.79. The molecule has 0 spiro atoms. The first-order valence-corrected chi connectivity index (χ1v) is 9.65. The summed E-state index contributed by atoms with van der Waals surface area (Å²) in [6.07, 6.45) is 5.73. The lowest BCUT2D eigenvalue weighted by atomic mass is 9.91. The van der Waals surface area contributed by atoms with Crippen LogP contribution >= 0.6 is 0 Å². The smallest absolute Gasteiger partial charge is 0.123 e. The minimum absolute atomic E-state index is 0.192. The number of benzene rings is 2. The monoisotopic (exact) mass is 377 g/mol. The fourth-order valence-corrected chi connectivity index (χ4v) is 3.91. The second kappa shape index (κ2) is 8.48. The van der Waals surface area contributed by atoms with Crippen molar-refractivity contribution in [1.82, 2.24) is 14.9 Å². The van der Waals surface area contributed by atoms with Crippen LogP contribution in [0.3, 0.4) is 0 Å². The average Bonchev–Trinajstić information content (AvgIpc) is 2.76. The summed E-state index contributed by atoms with van der Waals surface area (Å²) < 4.78 is 18.5. The van der Waals surface area contributed by atoms with Gasteiger partial charge in [0.2, 0.25) is 0 Å². The van der Waals surface area contributed by atoms with Gasteiger partial charge in [-0.25, -0.2) is 4.39 Å². The highest BCUT2D eigenvalue weighted by Gasteiger charge is 2.25. The summed E-state index contributed by atoms with van der Waals surface area (Å²) in [5, 5.41) is 0. The van der Waals surface area contributed by atoms with E-state index in [0.29, 0.717) is 5.92 Å². The number of likely N-dealkylation sites (tertiary alicyclic amines) is 1. The molecule has 144 valence electrons. The zero-order valence-corrected chi connectivity index (χ0v) is 16.0. The molecule has 1 atom stereocenters. The summed E-state index contributed by atoms with van der Waals surface area (Å²) in [4.78, 5) is 11.8. The molecule has 0 bridgehead atoms. The fraction of sp³-hybridized carbons (Fsp3) is 0.304. The molecule has 0 amide bonds. The van der Waals surface area contributed by atoms with Crippen LogP contribution in [0.1, 0.15) is 30.0 Å². The van der Waals surface area contributed by atoms with Crippen molar-refractivity contribution in [3.8, 4) is 17.0 Å². The predicted octanol–water partition coefficient (Wildman–Crippen LogP) is 4.67. The average molecular weight is 377 g/mol. The third-order valence-corrected chi connectivity index (χ3v) is 5.28. The van der Waals surface area contributed by atoms with E-state index < -0.39 is 0 Å². The van der Waals surface area contributed by atoms with Gasteiger partial charge < -0.3 is 4.74 Å². The van der Waals surface area contributed by atoms with E-state index in [1.54, 1.807) is 19.5 Å². The molecular formula is C23H24FN3O. The van der Waals surface area contributed by atoms with Crippen molar-refractivity contribution in [2.75, 3.05) is 20.2 Å². The molecule has 5 heteroatoms. The number of aromatic nitrogens is 2. The number of hydrogen-bond acceptors (Lipinski definition) is 4. The van der Waals surface area contributed by atoms with Gasteiger partial charge in [0, 0.05) is 37.0 Å². The van der Waals surface area contributed by atoms with Gasteiger partial charge in [-0.3, -0.25) is 14.9 Å². The molecule has 1 aliphatic heterocycles. The van der Waals surface area contributed by atoms with Gasteiger partial charge >= 0.3 is 0 Å². The number of nitrogens with zero attached hydrogens (tertiary/aromatic N) is 3. The normalized spacial score (nSPS) is 17.4. The second-order valence-electron chi connectivity index (χ2n) is 7.22. The molecule has 0 N–H and O–H groups in total. The van der Waals surface area contributed by atoms with Crippen LogP contribution in [0.25, 0.3) is 11.3 Å². The number of methoxy groups -OCH3 is 1. The Kier molecular flexibility index (Phi) is 5.63. The maximum absolute atomic E-state index is 13.2. The van der Waals surface area contributed by atoms with Crippen LogP contribution in [0.2, 0.25) is 0 Å². The van der Waals surface area contributed by atoms with Crippen LogP contribution < -0.4 is 4.74 Å². The first-order valence-electron chi connectivity index (χ1n) is 9.65. The van der Waals surface area contributed by atoms with E-state index in [4.69, 9.17) is 9.72 Å². The SMILES string of the molecule is COc1cccc(-c2nccnc2C2CCCN(Cc3ccc(F)cc3)C2)c1. The quantitative estimate of drug-likeness (QED) is 0.648. The third kappa shape index (κ3) is 4.20. The van der Waals surface area contributed by atoms with Gasteiger partial charge in [0.25, 0.3) is 0 Å². The topological polar surface area (TPSA) is 38.3 Å². The summed E-state index contributed by atoms with van der Waals surface area (Å²) in [5.74, 6) is 0.947. The van der Waals surface area contributed by atoms with Crippen LogP contribution in [0.15, 0.2) is 60.9 Å². The highest BCUT2D eigenvalue weighted by Crippen LogP contribution is 2.33. The van der Waals surface area contributed by atoms with Crippen molar-refractivity contribution in [2.24, 2.45) is 0 Å². The molecule has 0 radical (unpaired) electrons. The molecule has 0 aliphatic carbocycles. The molecule has 2 aromatic carbocycles. The minimum atomic E-state index is -0.192. The van der Waals surface area contributed by atoms with Gasteiger partial charge in [-0.15, -0.1) is 0 Å². The van der Waals surface area contributed by atoms with Crippen molar-refractivity contribution < 1.29 is 9.13 Å². The molecule has 4 nitrogen and oxygen atoms in total. The maximum Gasteiger partial charge on any atom is 0.123 e. The van der Waals surface area contributed by atoms with Crippen molar-refractivity contribution in [3.05, 3.63) is 78.0 Å². The lowest BCUT2D eigenvalue weighted by Gasteiger charge is -2.33. The molecule has 3 aromatic rings. The standard InChI is InChI=1S/C23H24FN3O/c1-28-21-6-2-4-18(14-21)22-23(26-12-11-25-22)19-5-3-13-27(16-19)15-17-7-9-20(24)10-8-17/h2,4,6-12,14,19H,3,5,13,15-16H2,1H3. The maximum atomic E-state index is 13.2. The Labute approximate surface area is 165 Å². The van der Waals surface area contributed by atoms with Crippen LogP contribution in [0, 0.1) is 5.82 Å². The highest BCUT2D eigenvalue weighted by molar-refractivity contribution is 5.64. The van der Waals surface area contributed by atoms with E-state index in [2.05, 4.69) is 16.0 Å². The van der Waals surface area contributed by atoms with E-state index in [1.165, 1.54) is 12.1 Å². The molecule has 1 unspecified atom stereocenters. The Morgan fingerprint density at radius 1 is 1.11 bits per heavy atom. The van der Waals surface area contributed by atoms with Crippen LogP contribution in [-0.2, 0) is 6.54 Å². The molecule has 1 aliphatic rings. The Morgan fingerprint density at radius 2 is 1.93 bits per heavy atom. The molecule has 2 heterocycles. The lowest BCUT2D eigenvalue weighted by Crippen LogP contribution is -2.34. The van der Waals surface area contributed by atoms with Crippen LogP contribution in [-0.4, -0.2) is 35.1 Å². The summed E-state index contributed by atoms with van der Waals surface area (Å²) in [6.45, 7) is 2.79. The third-order valence-electron chi connectivity index (χ3n) is 5.28. The van der Waals surface area contributed by atoms with Gasteiger partial charge in [-0.05, 0) is 49.2 Å². The Morgan fingerprint density at radius 3 is 2.75 bits per heavy atom. The first-order chi connectivity index (χ1) is 13.7. The molecular weight excluding hydrogens is 353 g/mol. The zero-order valence-electron chi connectivity index (χ0n) is 16.0. The second-order valence-corrected chi connectivity index (χ2v) is 7.22. The van der Waals surface area contributed by atoms with Crippen LogP contribution in [0.5, 0.6) is 5.75 Å². The van der Waals surface area contributed by atoms with E-state index in [1.807, 2.05) is 30.3 Å². The van der Waals surface area contributed by atoms with Gasteiger partial charge in [0.1, 0.15) is 11.6 Å². The van der Waals surface area contributed by atoms with Gasteiger partial charge in [-0.2, -0.15) is 0 Å². The van der Waals surface area contributed by atoms with E-state index >= 15 is 0 Å². The van der Waals surface area contributed by atoms with Crippen molar-refractivity contribution in [1.29, 1.82) is 0 Å². The lowest BCUT2D eigenvalue weighted by molar-refractivity contribution is 0.198. The summed E-state index contributed by atoms with van der Waals surface area (Å²) in [5.41, 5.74) is 4.13. The van der Waals surface area contributed by atoms with Crippen LogP contribution in [0.4, 0.5) is 4.39 Å². The molecule has 4 rings (SSSR count). The molecule has 28 heavy (non-hydrogen) atoms. The minimum Gasteiger partial charge on any atom is -0.497 e. The number of rotatable bonds is 5. The highest BCUT2D eigenvalue weighted by atomic mass is 19.1. The van der Waals surface area contributed by atoms with E-state index in [0.717, 1.165) is 60.7 Å². The molecule has 0 saturated carbocycles. The molecule has 1 fully saturated rings. The van der Waals surface area contributed by atoms with Gasteiger partial charge in [0.05, 0.1) is 18.5 Å². The van der Waals surface area contributed by atoms with Gasteiger partial charge in [0.15, 0.2) is 0 Å². The van der Waals surface area contributed by atoms with Crippen molar-refractivity contribution >= 4 is 0 Å². The summed E-state index contributed by atoms with van der Waals surface area (Å²) >= 11 is 0. The Bertz CT molecular complexity index is 929. The fourth-order valence-electron chi connectivity index (χ4n) is 3.91. The molecule has 1 aromatic heterocycles. The van der Waals surface area contributed by atoms with Crippen molar-refractivity contribution in [3.63, 3.8) is 0 Å². The Balaban J connectivity index is 1.56. The van der Waals surface area contributed by atoms with Crippen molar-refractivity contribution in [2.45, 2.75) is 25.3 Å². The zero-order chi connectivity index (χ0) is 19.3. The first kappa shape index (κ1) is 18.6. The predicted molar refractivity (Wildman–Crippen MR) is 108 cm³/mol. The van der Waals surface area contributed by atoms with Gasteiger partial charge in [-0.1, -0.05) is 24.3 Å².